The number of carbonyl (C=O) groups excluding carboxylic acids is 2. The zero-order valence-corrected chi connectivity index (χ0v) is 17.1. The minimum atomic E-state index is -0.111. The van der Waals surface area contributed by atoms with Crippen molar-refractivity contribution in [2.24, 2.45) is 0 Å². The molecule has 0 N–H and O–H groups in total. The first-order valence-electron chi connectivity index (χ1n) is 10.2. The molecule has 1 aromatic heterocycles. The average molecular weight is 403 g/mol. The van der Waals surface area contributed by atoms with Gasteiger partial charge in [-0.15, -0.1) is 0 Å². The maximum atomic E-state index is 13.1. The highest BCUT2D eigenvalue weighted by Gasteiger charge is 2.26. The molecule has 0 saturated carbocycles. The maximum absolute atomic E-state index is 13.1. The van der Waals surface area contributed by atoms with Gasteiger partial charge < -0.3 is 9.80 Å². The Morgan fingerprint density at radius 1 is 1.00 bits per heavy atom. The van der Waals surface area contributed by atoms with Crippen LogP contribution in [0.25, 0.3) is 10.8 Å². The molecule has 2 amide bonds. The van der Waals surface area contributed by atoms with Gasteiger partial charge in [0.05, 0.1) is 18.4 Å². The lowest BCUT2D eigenvalue weighted by Crippen LogP contribution is -2.51. The highest BCUT2D eigenvalue weighted by molar-refractivity contribution is 6.04. The van der Waals surface area contributed by atoms with Crippen LogP contribution in [0.1, 0.15) is 17.4 Å². The molecular formula is C23H25N5O2. The number of nitrogens with zero attached hydrogens (tertiary/aromatic N) is 5. The zero-order valence-electron chi connectivity index (χ0n) is 17.1. The van der Waals surface area contributed by atoms with Crippen molar-refractivity contribution in [3.63, 3.8) is 0 Å². The van der Waals surface area contributed by atoms with Gasteiger partial charge in [0.2, 0.25) is 5.91 Å². The standard InChI is InChI=1S/C23H25N5O2/c1-2-28(21-9-5-7-18-6-3-4-8-19(18)21)22(29)17-26-12-14-27(15-13-26)23(30)20-16-24-10-11-25-20/h3-11,16H,2,12-15,17H2,1H3. The third kappa shape index (κ3) is 4.16. The van der Waals surface area contributed by atoms with Crippen LogP contribution in [0.2, 0.25) is 0 Å². The third-order valence-electron chi connectivity index (χ3n) is 5.48. The molecule has 1 fully saturated rings. The molecule has 1 saturated heterocycles. The van der Waals surface area contributed by atoms with Crippen molar-refractivity contribution in [1.82, 2.24) is 19.8 Å². The molecule has 0 unspecified atom stereocenters. The summed E-state index contributed by atoms with van der Waals surface area (Å²) < 4.78 is 0. The third-order valence-corrected chi connectivity index (χ3v) is 5.48. The maximum Gasteiger partial charge on any atom is 0.274 e. The Kier molecular flexibility index (Phi) is 5.99. The summed E-state index contributed by atoms with van der Waals surface area (Å²) in [4.78, 5) is 39.4. The Hall–Kier alpha value is -3.32. The number of benzene rings is 2. The van der Waals surface area contributed by atoms with Gasteiger partial charge in [-0.3, -0.25) is 19.5 Å². The van der Waals surface area contributed by atoms with Crippen LogP contribution < -0.4 is 4.90 Å². The van der Waals surface area contributed by atoms with Crippen LogP contribution in [-0.2, 0) is 4.79 Å². The van der Waals surface area contributed by atoms with E-state index in [2.05, 4.69) is 33.1 Å². The lowest BCUT2D eigenvalue weighted by Gasteiger charge is -2.35. The van der Waals surface area contributed by atoms with Crippen molar-refractivity contribution in [3.05, 3.63) is 66.7 Å². The first kappa shape index (κ1) is 20.0. The van der Waals surface area contributed by atoms with Crippen LogP contribution >= 0.6 is 0 Å². The highest BCUT2D eigenvalue weighted by Crippen LogP contribution is 2.27. The topological polar surface area (TPSA) is 69.6 Å². The molecular weight excluding hydrogens is 378 g/mol. The summed E-state index contributed by atoms with van der Waals surface area (Å²) in [7, 11) is 0. The molecule has 0 atom stereocenters. The minimum Gasteiger partial charge on any atom is -0.335 e. The van der Waals surface area contributed by atoms with Crippen LogP contribution in [-0.4, -0.2) is 70.9 Å². The van der Waals surface area contributed by atoms with Crippen molar-refractivity contribution in [1.29, 1.82) is 0 Å². The van der Waals surface area contributed by atoms with E-state index >= 15 is 0 Å². The van der Waals surface area contributed by atoms with E-state index in [4.69, 9.17) is 0 Å². The van der Waals surface area contributed by atoms with Crippen molar-refractivity contribution >= 4 is 28.3 Å². The second kappa shape index (κ2) is 9.00. The van der Waals surface area contributed by atoms with Crippen LogP contribution in [0.15, 0.2) is 61.1 Å². The monoisotopic (exact) mass is 403 g/mol. The van der Waals surface area contributed by atoms with Crippen LogP contribution in [0.4, 0.5) is 5.69 Å². The number of amides is 2. The molecule has 0 radical (unpaired) electrons. The van der Waals surface area contributed by atoms with E-state index in [-0.39, 0.29) is 11.8 Å². The van der Waals surface area contributed by atoms with E-state index in [1.54, 1.807) is 11.1 Å². The summed E-state index contributed by atoms with van der Waals surface area (Å²) in [6.07, 6.45) is 4.56. The molecule has 0 spiro atoms. The second-order valence-corrected chi connectivity index (χ2v) is 7.30. The molecule has 1 aliphatic rings. The predicted molar refractivity (Wildman–Crippen MR) is 116 cm³/mol. The number of fused-ring (bicyclic) bond motifs is 1. The van der Waals surface area contributed by atoms with Crippen molar-refractivity contribution < 1.29 is 9.59 Å². The molecule has 2 heterocycles. The lowest BCUT2D eigenvalue weighted by atomic mass is 10.1. The Bertz CT molecular complexity index is 1030. The number of likely N-dealkylation sites (N-methyl/N-ethyl adjacent to an activating group) is 1. The van der Waals surface area contributed by atoms with Gasteiger partial charge in [0, 0.05) is 50.5 Å². The van der Waals surface area contributed by atoms with Crippen molar-refractivity contribution in [2.45, 2.75) is 6.92 Å². The predicted octanol–water partition coefficient (Wildman–Crippen LogP) is 2.44. The summed E-state index contributed by atoms with van der Waals surface area (Å²) >= 11 is 0. The normalized spacial score (nSPS) is 14.6. The molecule has 4 rings (SSSR count). The number of hydrogen-bond acceptors (Lipinski definition) is 5. The van der Waals surface area contributed by atoms with E-state index in [1.165, 1.54) is 12.4 Å². The van der Waals surface area contributed by atoms with Gasteiger partial charge in [0.15, 0.2) is 0 Å². The molecule has 7 nitrogen and oxygen atoms in total. The van der Waals surface area contributed by atoms with Gasteiger partial charge in [-0.2, -0.15) is 0 Å². The number of piperazine rings is 1. The van der Waals surface area contributed by atoms with Crippen molar-refractivity contribution in [2.75, 3.05) is 44.2 Å². The van der Waals surface area contributed by atoms with Gasteiger partial charge in [-0.1, -0.05) is 36.4 Å². The Morgan fingerprint density at radius 3 is 2.50 bits per heavy atom. The summed E-state index contributed by atoms with van der Waals surface area (Å²) in [5, 5.41) is 2.20. The molecule has 0 bridgehead atoms. The molecule has 154 valence electrons. The first-order chi connectivity index (χ1) is 14.7. The Balaban J connectivity index is 1.40. The van der Waals surface area contributed by atoms with E-state index in [9.17, 15) is 9.59 Å². The first-order valence-corrected chi connectivity index (χ1v) is 10.2. The fourth-order valence-corrected chi connectivity index (χ4v) is 3.88. The zero-order chi connectivity index (χ0) is 20.9. The van der Waals surface area contributed by atoms with E-state index in [1.807, 2.05) is 36.1 Å². The highest BCUT2D eigenvalue weighted by atomic mass is 16.2. The van der Waals surface area contributed by atoms with E-state index in [0.29, 0.717) is 45.0 Å². The largest absolute Gasteiger partial charge is 0.335 e. The minimum absolute atomic E-state index is 0.0718. The molecule has 1 aliphatic heterocycles. The number of carbonyl (C=O) groups is 2. The van der Waals surface area contributed by atoms with Gasteiger partial charge >= 0.3 is 0 Å². The molecule has 2 aromatic carbocycles. The summed E-state index contributed by atoms with van der Waals surface area (Å²) in [6.45, 7) is 5.40. The summed E-state index contributed by atoms with van der Waals surface area (Å²) in [6, 6.07) is 14.2. The number of aromatic nitrogens is 2. The van der Waals surface area contributed by atoms with E-state index < -0.39 is 0 Å². The van der Waals surface area contributed by atoms with Gasteiger partial charge in [-0.05, 0) is 18.4 Å². The Labute approximate surface area is 175 Å². The van der Waals surface area contributed by atoms with Gasteiger partial charge in [-0.25, -0.2) is 4.98 Å². The van der Waals surface area contributed by atoms with Crippen LogP contribution in [0.3, 0.4) is 0 Å². The lowest BCUT2D eigenvalue weighted by molar-refractivity contribution is -0.120. The molecule has 7 heteroatoms. The molecule has 3 aromatic rings. The van der Waals surface area contributed by atoms with Crippen LogP contribution in [0, 0.1) is 0 Å². The van der Waals surface area contributed by atoms with Crippen LogP contribution in [0.5, 0.6) is 0 Å². The average Bonchev–Trinajstić information content (AvgIpc) is 2.80. The van der Waals surface area contributed by atoms with Gasteiger partial charge in [0.1, 0.15) is 5.69 Å². The number of hydrogen-bond donors (Lipinski definition) is 0. The van der Waals surface area contributed by atoms with E-state index in [0.717, 1.165) is 16.5 Å². The Morgan fingerprint density at radius 2 is 1.77 bits per heavy atom. The summed E-state index contributed by atoms with van der Waals surface area (Å²) in [5.41, 5.74) is 1.30. The molecule has 30 heavy (non-hydrogen) atoms. The summed E-state index contributed by atoms with van der Waals surface area (Å²) in [5.74, 6) is -0.0393. The fraction of sp³-hybridized carbons (Fsp3) is 0.304. The molecule has 0 aliphatic carbocycles. The number of anilines is 1. The number of rotatable bonds is 5. The fourth-order valence-electron chi connectivity index (χ4n) is 3.88. The SMILES string of the molecule is CCN(C(=O)CN1CCN(C(=O)c2cnccn2)CC1)c1cccc2ccccc12. The second-order valence-electron chi connectivity index (χ2n) is 7.30. The quantitative estimate of drug-likeness (QED) is 0.655. The van der Waals surface area contributed by atoms with Crippen molar-refractivity contribution in [3.8, 4) is 0 Å². The van der Waals surface area contributed by atoms with Gasteiger partial charge in [0.25, 0.3) is 5.91 Å². The smallest absolute Gasteiger partial charge is 0.274 e.